The number of aromatic nitrogens is 2. The van der Waals surface area contributed by atoms with Crippen molar-refractivity contribution in [1.82, 2.24) is 19.8 Å². The van der Waals surface area contributed by atoms with Crippen LogP contribution in [0.2, 0.25) is 0 Å². The minimum absolute atomic E-state index is 0.165. The van der Waals surface area contributed by atoms with E-state index < -0.39 is 0 Å². The van der Waals surface area contributed by atoms with Gasteiger partial charge in [0.1, 0.15) is 0 Å². The van der Waals surface area contributed by atoms with Crippen molar-refractivity contribution in [2.24, 2.45) is 5.92 Å². The standard InChI is InChI=1S/C23H30N4O/c28-23(25-18-5-1-2-6-18)26-13-11-17(12-14-26)9-10-21-19-7-3-4-8-20(19)22-15-24-16-27(21)22/h3-4,7-8,15-18,21H,1-2,5-6,9-14H2,(H,25,28)/t21-/m0/s1. The summed E-state index contributed by atoms with van der Waals surface area (Å²) in [6.45, 7) is 1.81. The van der Waals surface area contributed by atoms with E-state index in [0.29, 0.717) is 12.1 Å². The molecular formula is C23H30N4O. The highest BCUT2D eigenvalue weighted by molar-refractivity contribution is 5.74. The van der Waals surface area contributed by atoms with Crippen LogP contribution in [-0.2, 0) is 0 Å². The molecule has 5 rings (SSSR count). The second-order valence-electron chi connectivity index (χ2n) is 8.73. The van der Waals surface area contributed by atoms with Crippen molar-refractivity contribution >= 4 is 6.03 Å². The van der Waals surface area contributed by atoms with E-state index in [1.165, 1.54) is 36.1 Å². The third-order valence-corrected chi connectivity index (χ3v) is 7.03. The molecule has 1 aromatic heterocycles. The van der Waals surface area contributed by atoms with E-state index in [9.17, 15) is 4.79 Å². The van der Waals surface area contributed by atoms with Crippen molar-refractivity contribution < 1.29 is 4.79 Å². The van der Waals surface area contributed by atoms with Crippen molar-refractivity contribution in [3.63, 3.8) is 0 Å². The van der Waals surface area contributed by atoms with Crippen molar-refractivity contribution in [3.05, 3.63) is 42.4 Å². The molecule has 148 valence electrons. The SMILES string of the molecule is O=C(NC1CCCC1)N1CCC(CC[C@H]2c3ccccc3-c3cncn32)CC1. The molecule has 28 heavy (non-hydrogen) atoms. The highest BCUT2D eigenvalue weighted by Crippen LogP contribution is 2.42. The molecule has 1 N–H and O–H groups in total. The Morgan fingerprint density at radius 2 is 1.86 bits per heavy atom. The van der Waals surface area contributed by atoms with Crippen LogP contribution >= 0.6 is 0 Å². The van der Waals surface area contributed by atoms with Crippen LogP contribution in [0, 0.1) is 5.92 Å². The molecule has 3 aliphatic rings. The Balaban J connectivity index is 1.14. The summed E-state index contributed by atoms with van der Waals surface area (Å²) in [5.41, 5.74) is 4.02. The fourth-order valence-corrected chi connectivity index (χ4v) is 5.38. The van der Waals surface area contributed by atoms with Gasteiger partial charge in [0.15, 0.2) is 0 Å². The number of urea groups is 1. The molecule has 1 atom stereocenters. The van der Waals surface area contributed by atoms with E-state index >= 15 is 0 Å². The Morgan fingerprint density at radius 3 is 2.68 bits per heavy atom. The molecule has 5 nitrogen and oxygen atoms in total. The molecule has 2 fully saturated rings. The summed E-state index contributed by atoms with van der Waals surface area (Å²) in [6, 6.07) is 9.73. The molecule has 5 heteroatoms. The number of nitrogens with zero attached hydrogens (tertiary/aromatic N) is 3. The predicted octanol–water partition coefficient (Wildman–Crippen LogP) is 4.60. The van der Waals surface area contributed by atoms with Gasteiger partial charge in [0.25, 0.3) is 0 Å². The van der Waals surface area contributed by atoms with Gasteiger partial charge in [-0.2, -0.15) is 0 Å². The molecule has 3 heterocycles. The van der Waals surface area contributed by atoms with Gasteiger partial charge in [0.05, 0.1) is 24.3 Å². The molecule has 0 unspecified atom stereocenters. The van der Waals surface area contributed by atoms with Crippen LogP contribution in [0.1, 0.15) is 63.0 Å². The van der Waals surface area contributed by atoms with Crippen LogP contribution in [0.15, 0.2) is 36.8 Å². The zero-order valence-electron chi connectivity index (χ0n) is 16.5. The Labute approximate surface area is 167 Å². The summed E-state index contributed by atoms with van der Waals surface area (Å²) in [6.07, 6.45) is 13.4. The number of nitrogens with one attached hydrogen (secondary N) is 1. The first-order chi connectivity index (χ1) is 13.8. The molecule has 2 amide bonds. The molecule has 1 saturated carbocycles. The first-order valence-corrected chi connectivity index (χ1v) is 11.0. The van der Waals surface area contributed by atoms with Gasteiger partial charge in [-0.05, 0) is 50.0 Å². The third-order valence-electron chi connectivity index (χ3n) is 7.03. The van der Waals surface area contributed by atoms with Gasteiger partial charge in [-0.15, -0.1) is 0 Å². The van der Waals surface area contributed by atoms with Gasteiger partial charge < -0.3 is 14.8 Å². The van der Waals surface area contributed by atoms with E-state index in [1.807, 2.05) is 17.4 Å². The van der Waals surface area contributed by atoms with Crippen molar-refractivity contribution in [3.8, 4) is 11.3 Å². The van der Waals surface area contributed by atoms with E-state index in [2.05, 4.69) is 39.1 Å². The zero-order chi connectivity index (χ0) is 18.9. The van der Waals surface area contributed by atoms with Crippen LogP contribution in [-0.4, -0.2) is 39.6 Å². The Bertz CT molecular complexity index is 831. The van der Waals surface area contributed by atoms with Crippen LogP contribution in [0.3, 0.4) is 0 Å². The first kappa shape index (κ1) is 17.8. The highest BCUT2D eigenvalue weighted by Gasteiger charge is 2.30. The molecule has 1 saturated heterocycles. The summed E-state index contributed by atoms with van der Waals surface area (Å²) in [5.74, 6) is 0.718. The minimum Gasteiger partial charge on any atom is -0.335 e. The predicted molar refractivity (Wildman–Crippen MR) is 110 cm³/mol. The molecule has 0 bridgehead atoms. The number of likely N-dealkylation sites (tertiary alicyclic amines) is 1. The largest absolute Gasteiger partial charge is 0.335 e. The molecule has 2 aromatic rings. The number of carbonyl (C=O) groups excluding carboxylic acids is 1. The zero-order valence-corrected chi connectivity index (χ0v) is 16.5. The van der Waals surface area contributed by atoms with E-state index in [4.69, 9.17) is 0 Å². The number of hydrogen-bond donors (Lipinski definition) is 1. The lowest BCUT2D eigenvalue weighted by Crippen LogP contribution is -2.47. The number of carbonyl (C=O) groups is 1. The van der Waals surface area contributed by atoms with Crippen molar-refractivity contribution in [2.45, 2.75) is 63.5 Å². The number of fused-ring (bicyclic) bond motifs is 3. The van der Waals surface area contributed by atoms with E-state index in [0.717, 1.165) is 51.1 Å². The summed E-state index contributed by atoms with van der Waals surface area (Å²) in [4.78, 5) is 18.9. The maximum atomic E-state index is 12.5. The number of piperidine rings is 1. The van der Waals surface area contributed by atoms with Gasteiger partial charge in [-0.1, -0.05) is 37.1 Å². The Hall–Kier alpha value is -2.30. The second kappa shape index (κ2) is 7.61. The second-order valence-corrected chi connectivity index (χ2v) is 8.73. The molecular weight excluding hydrogens is 348 g/mol. The molecule has 1 aromatic carbocycles. The number of hydrogen-bond acceptors (Lipinski definition) is 2. The maximum absolute atomic E-state index is 12.5. The lowest BCUT2D eigenvalue weighted by atomic mass is 9.89. The summed E-state index contributed by atoms with van der Waals surface area (Å²) < 4.78 is 2.34. The van der Waals surface area contributed by atoms with E-state index in [-0.39, 0.29) is 6.03 Å². The van der Waals surface area contributed by atoms with Crippen LogP contribution in [0.4, 0.5) is 4.79 Å². The van der Waals surface area contributed by atoms with Gasteiger partial charge in [-0.25, -0.2) is 9.78 Å². The smallest absolute Gasteiger partial charge is 0.317 e. The lowest BCUT2D eigenvalue weighted by molar-refractivity contribution is 0.163. The molecule has 0 spiro atoms. The highest BCUT2D eigenvalue weighted by atomic mass is 16.2. The first-order valence-electron chi connectivity index (χ1n) is 11.0. The average Bonchev–Trinajstić information content (AvgIpc) is 3.45. The number of benzene rings is 1. The van der Waals surface area contributed by atoms with Crippen molar-refractivity contribution in [2.75, 3.05) is 13.1 Å². The number of imidazole rings is 1. The minimum atomic E-state index is 0.165. The van der Waals surface area contributed by atoms with Gasteiger partial charge in [0.2, 0.25) is 0 Å². The molecule has 1 aliphatic carbocycles. The van der Waals surface area contributed by atoms with Crippen molar-refractivity contribution in [1.29, 1.82) is 0 Å². The maximum Gasteiger partial charge on any atom is 0.317 e. The normalized spacial score (nSPS) is 22.3. The van der Waals surface area contributed by atoms with Crippen LogP contribution in [0.5, 0.6) is 0 Å². The van der Waals surface area contributed by atoms with Crippen LogP contribution in [0.25, 0.3) is 11.3 Å². The quantitative estimate of drug-likeness (QED) is 0.845. The van der Waals surface area contributed by atoms with Crippen LogP contribution < -0.4 is 5.32 Å². The van der Waals surface area contributed by atoms with Gasteiger partial charge in [0, 0.05) is 24.7 Å². The average molecular weight is 379 g/mol. The molecule has 2 aliphatic heterocycles. The fourth-order valence-electron chi connectivity index (χ4n) is 5.38. The van der Waals surface area contributed by atoms with Gasteiger partial charge >= 0.3 is 6.03 Å². The summed E-state index contributed by atoms with van der Waals surface area (Å²) in [7, 11) is 0. The lowest BCUT2D eigenvalue weighted by Gasteiger charge is -2.33. The Kier molecular flexibility index (Phi) is 4.83. The summed E-state index contributed by atoms with van der Waals surface area (Å²) >= 11 is 0. The Morgan fingerprint density at radius 1 is 1.07 bits per heavy atom. The number of amides is 2. The van der Waals surface area contributed by atoms with E-state index in [1.54, 1.807) is 0 Å². The topological polar surface area (TPSA) is 50.2 Å². The third kappa shape index (κ3) is 3.31. The fraction of sp³-hybridized carbons (Fsp3) is 0.565. The van der Waals surface area contributed by atoms with Gasteiger partial charge in [-0.3, -0.25) is 0 Å². The monoisotopic (exact) mass is 378 g/mol. The molecule has 0 radical (unpaired) electrons. The number of rotatable bonds is 4. The summed E-state index contributed by atoms with van der Waals surface area (Å²) in [5, 5.41) is 3.24.